The molecule has 1 rings (SSSR count). The van der Waals surface area contributed by atoms with Gasteiger partial charge in [0.05, 0.1) is 11.4 Å². The van der Waals surface area contributed by atoms with Crippen molar-refractivity contribution in [3.8, 4) is 0 Å². The van der Waals surface area contributed by atoms with E-state index in [0.717, 1.165) is 10.0 Å². The molecule has 0 unspecified atom stereocenters. The number of hydrogen-bond donors (Lipinski definition) is 2. The highest BCUT2D eigenvalue weighted by Crippen LogP contribution is 2.26. The van der Waals surface area contributed by atoms with Gasteiger partial charge in [-0.15, -0.1) is 0 Å². The number of halogens is 1. The Bertz CT molecular complexity index is 236. The summed E-state index contributed by atoms with van der Waals surface area (Å²) in [7, 11) is 0. The van der Waals surface area contributed by atoms with Crippen LogP contribution in [0.5, 0.6) is 0 Å². The van der Waals surface area contributed by atoms with Crippen molar-refractivity contribution in [3.05, 3.63) is 22.2 Å². The van der Waals surface area contributed by atoms with Crippen LogP contribution in [0, 0.1) is 6.92 Å². The van der Waals surface area contributed by atoms with E-state index in [1.54, 1.807) is 0 Å². The standard InChI is InChI=1S/C7H9BrN2.C2H6/c1-4-2-5(8)7(10)6(9)3-4;1-2/h2-3H,9-10H2,1H3;1-2H3. The predicted octanol–water partition coefficient (Wildman–Crippen LogP) is 2.95. The quantitative estimate of drug-likeness (QED) is 0.674. The van der Waals surface area contributed by atoms with E-state index in [2.05, 4.69) is 15.9 Å². The van der Waals surface area contributed by atoms with Crippen LogP contribution in [0.15, 0.2) is 16.6 Å². The van der Waals surface area contributed by atoms with E-state index in [0.29, 0.717) is 11.4 Å². The van der Waals surface area contributed by atoms with Crippen LogP contribution in [0.1, 0.15) is 19.4 Å². The average molecular weight is 231 g/mol. The zero-order valence-electron chi connectivity index (χ0n) is 7.69. The Morgan fingerprint density at radius 2 is 1.67 bits per heavy atom. The summed E-state index contributed by atoms with van der Waals surface area (Å²) in [6, 6.07) is 3.78. The van der Waals surface area contributed by atoms with Crippen molar-refractivity contribution < 1.29 is 0 Å². The molecule has 4 N–H and O–H groups in total. The monoisotopic (exact) mass is 230 g/mol. The van der Waals surface area contributed by atoms with Gasteiger partial charge in [0, 0.05) is 4.47 Å². The molecule has 12 heavy (non-hydrogen) atoms. The maximum atomic E-state index is 5.58. The molecule has 0 bridgehead atoms. The summed E-state index contributed by atoms with van der Waals surface area (Å²) in [6.07, 6.45) is 0. The Morgan fingerprint density at radius 3 is 2.08 bits per heavy atom. The van der Waals surface area contributed by atoms with Crippen LogP contribution in [0.4, 0.5) is 11.4 Å². The molecule has 0 saturated carbocycles. The first-order valence-corrected chi connectivity index (χ1v) is 4.71. The zero-order chi connectivity index (χ0) is 9.72. The third-order valence-corrected chi connectivity index (χ3v) is 1.96. The minimum atomic E-state index is 0.616. The smallest absolute Gasteiger partial charge is 0.0692 e. The van der Waals surface area contributed by atoms with Gasteiger partial charge in [0.2, 0.25) is 0 Å². The minimum absolute atomic E-state index is 0.616. The van der Waals surface area contributed by atoms with Gasteiger partial charge in [0.25, 0.3) is 0 Å². The molecule has 0 aromatic heterocycles. The molecule has 0 atom stereocenters. The lowest BCUT2D eigenvalue weighted by Gasteiger charge is -2.03. The molecule has 3 heteroatoms. The molecule has 0 aliphatic rings. The van der Waals surface area contributed by atoms with Gasteiger partial charge in [-0.05, 0) is 40.5 Å². The highest BCUT2D eigenvalue weighted by Gasteiger charge is 1.99. The fourth-order valence-electron chi connectivity index (χ4n) is 0.780. The molecule has 0 spiro atoms. The van der Waals surface area contributed by atoms with Crippen LogP contribution >= 0.6 is 15.9 Å². The molecular formula is C9H15BrN2. The van der Waals surface area contributed by atoms with Gasteiger partial charge < -0.3 is 11.5 Å². The Labute approximate surface area is 82.1 Å². The Hall–Kier alpha value is -0.700. The van der Waals surface area contributed by atoms with Crippen LogP contribution in [-0.4, -0.2) is 0 Å². The molecule has 1 aromatic rings. The van der Waals surface area contributed by atoms with Gasteiger partial charge in [0.15, 0.2) is 0 Å². The molecule has 0 aliphatic heterocycles. The zero-order valence-corrected chi connectivity index (χ0v) is 9.27. The Morgan fingerprint density at radius 1 is 1.17 bits per heavy atom. The summed E-state index contributed by atoms with van der Waals surface area (Å²) in [5, 5.41) is 0. The summed E-state index contributed by atoms with van der Waals surface area (Å²) in [5.41, 5.74) is 13.5. The first kappa shape index (κ1) is 11.3. The summed E-state index contributed by atoms with van der Waals surface area (Å²) in [5.74, 6) is 0. The lowest BCUT2D eigenvalue weighted by atomic mass is 10.2. The first-order chi connectivity index (χ1) is 5.61. The predicted molar refractivity (Wildman–Crippen MR) is 59.1 cm³/mol. The van der Waals surface area contributed by atoms with Crippen LogP contribution in [0.2, 0.25) is 0 Å². The van der Waals surface area contributed by atoms with Gasteiger partial charge in [-0.1, -0.05) is 13.8 Å². The largest absolute Gasteiger partial charge is 0.397 e. The van der Waals surface area contributed by atoms with E-state index in [4.69, 9.17) is 11.5 Å². The van der Waals surface area contributed by atoms with Crippen molar-refractivity contribution in [2.45, 2.75) is 20.8 Å². The second-order valence-corrected chi connectivity index (χ2v) is 3.10. The van der Waals surface area contributed by atoms with Gasteiger partial charge in [0.1, 0.15) is 0 Å². The highest BCUT2D eigenvalue weighted by atomic mass is 79.9. The second-order valence-electron chi connectivity index (χ2n) is 2.25. The van der Waals surface area contributed by atoms with Crippen molar-refractivity contribution >= 4 is 27.3 Å². The SMILES string of the molecule is CC.Cc1cc(N)c(N)c(Br)c1. The van der Waals surface area contributed by atoms with E-state index in [9.17, 15) is 0 Å². The van der Waals surface area contributed by atoms with E-state index in [1.807, 2.05) is 32.9 Å². The maximum absolute atomic E-state index is 5.58. The number of aryl methyl sites for hydroxylation is 1. The number of nitrogens with two attached hydrogens (primary N) is 2. The fourth-order valence-corrected chi connectivity index (χ4v) is 1.37. The van der Waals surface area contributed by atoms with Crippen molar-refractivity contribution in [1.82, 2.24) is 0 Å². The number of benzene rings is 1. The third kappa shape index (κ3) is 2.74. The molecule has 0 amide bonds. The topological polar surface area (TPSA) is 52.0 Å². The molecule has 2 nitrogen and oxygen atoms in total. The van der Waals surface area contributed by atoms with E-state index >= 15 is 0 Å². The molecule has 0 aliphatic carbocycles. The molecule has 0 heterocycles. The second kappa shape index (κ2) is 5.04. The maximum Gasteiger partial charge on any atom is 0.0692 e. The summed E-state index contributed by atoms with van der Waals surface area (Å²) in [4.78, 5) is 0. The van der Waals surface area contributed by atoms with Crippen molar-refractivity contribution in [2.75, 3.05) is 11.5 Å². The summed E-state index contributed by atoms with van der Waals surface area (Å²) < 4.78 is 0.866. The summed E-state index contributed by atoms with van der Waals surface area (Å²) >= 11 is 3.29. The fraction of sp³-hybridized carbons (Fsp3) is 0.333. The molecule has 0 radical (unpaired) electrons. The lowest BCUT2D eigenvalue weighted by Crippen LogP contribution is -1.95. The van der Waals surface area contributed by atoms with Crippen LogP contribution < -0.4 is 11.5 Å². The molecule has 0 saturated heterocycles. The number of nitrogen functional groups attached to an aromatic ring is 2. The third-order valence-electron chi connectivity index (χ3n) is 1.31. The van der Waals surface area contributed by atoms with Crippen LogP contribution in [0.25, 0.3) is 0 Å². The molecular weight excluding hydrogens is 216 g/mol. The van der Waals surface area contributed by atoms with Crippen LogP contribution in [0.3, 0.4) is 0 Å². The van der Waals surface area contributed by atoms with Gasteiger partial charge in [-0.25, -0.2) is 0 Å². The van der Waals surface area contributed by atoms with Crippen molar-refractivity contribution in [3.63, 3.8) is 0 Å². The molecule has 68 valence electrons. The van der Waals surface area contributed by atoms with Crippen molar-refractivity contribution in [1.29, 1.82) is 0 Å². The minimum Gasteiger partial charge on any atom is -0.397 e. The van der Waals surface area contributed by atoms with E-state index < -0.39 is 0 Å². The van der Waals surface area contributed by atoms with E-state index in [1.165, 1.54) is 0 Å². The van der Waals surface area contributed by atoms with Crippen molar-refractivity contribution in [2.24, 2.45) is 0 Å². The van der Waals surface area contributed by atoms with Gasteiger partial charge >= 0.3 is 0 Å². The van der Waals surface area contributed by atoms with Gasteiger partial charge in [-0.3, -0.25) is 0 Å². The Balaban J connectivity index is 0.000000561. The lowest BCUT2D eigenvalue weighted by molar-refractivity contribution is 1.45. The number of anilines is 2. The van der Waals surface area contributed by atoms with E-state index in [-0.39, 0.29) is 0 Å². The molecule has 1 aromatic carbocycles. The van der Waals surface area contributed by atoms with Gasteiger partial charge in [-0.2, -0.15) is 0 Å². The highest BCUT2D eigenvalue weighted by molar-refractivity contribution is 9.10. The van der Waals surface area contributed by atoms with Crippen LogP contribution in [-0.2, 0) is 0 Å². The Kier molecular flexibility index (Phi) is 4.74. The molecule has 0 fully saturated rings. The summed E-state index contributed by atoms with van der Waals surface area (Å²) in [6.45, 7) is 5.97. The number of rotatable bonds is 0. The normalized spacial score (nSPS) is 8.67. The number of hydrogen-bond acceptors (Lipinski definition) is 2. The average Bonchev–Trinajstić information content (AvgIpc) is 2.04. The first-order valence-electron chi connectivity index (χ1n) is 3.92.